The van der Waals surface area contributed by atoms with E-state index in [4.69, 9.17) is 4.74 Å². The predicted octanol–water partition coefficient (Wildman–Crippen LogP) is 2.21. The molecule has 2 aliphatic rings. The van der Waals surface area contributed by atoms with E-state index in [-0.39, 0.29) is 12.2 Å². The SMILES string of the molecule is O=C(NC1CC1)OC1CCCCC1. The van der Waals surface area contributed by atoms with E-state index in [0.29, 0.717) is 6.04 Å². The Bertz CT molecular complexity index is 183. The molecule has 2 aliphatic carbocycles. The van der Waals surface area contributed by atoms with Crippen molar-refractivity contribution in [2.75, 3.05) is 0 Å². The second kappa shape index (κ2) is 3.99. The van der Waals surface area contributed by atoms with Gasteiger partial charge in [0.2, 0.25) is 0 Å². The first-order chi connectivity index (χ1) is 6.34. The number of alkyl carbamates (subject to hydrolysis) is 1. The molecule has 0 aromatic heterocycles. The lowest BCUT2D eigenvalue weighted by Gasteiger charge is -2.21. The molecule has 0 aliphatic heterocycles. The molecule has 2 fully saturated rings. The van der Waals surface area contributed by atoms with Gasteiger partial charge in [-0.15, -0.1) is 0 Å². The van der Waals surface area contributed by atoms with Crippen LogP contribution < -0.4 is 5.32 Å². The van der Waals surface area contributed by atoms with E-state index in [0.717, 1.165) is 25.7 Å². The van der Waals surface area contributed by atoms with Crippen molar-refractivity contribution in [2.45, 2.75) is 57.1 Å². The fourth-order valence-electron chi connectivity index (χ4n) is 1.76. The molecule has 1 N–H and O–H groups in total. The van der Waals surface area contributed by atoms with Crippen LogP contribution in [0, 0.1) is 0 Å². The number of ether oxygens (including phenoxy) is 1. The van der Waals surface area contributed by atoms with Gasteiger partial charge >= 0.3 is 6.09 Å². The Morgan fingerprint density at radius 3 is 2.38 bits per heavy atom. The second-order valence-electron chi connectivity index (χ2n) is 4.08. The summed E-state index contributed by atoms with van der Waals surface area (Å²) in [5.74, 6) is 0. The largest absolute Gasteiger partial charge is 0.446 e. The Labute approximate surface area is 78.8 Å². The highest BCUT2D eigenvalue weighted by Crippen LogP contribution is 2.22. The number of carbonyl (C=O) groups excluding carboxylic acids is 1. The molecule has 0 aromatic rings. The first-order valence-electron chi connectivity index (χ1n) is 5.32. The fourth-order valence-corrected chi connectivity index (χ4v) is 1.76. The molecule has 1 amide bonds. The van der Waals surface area contributed by atoms with Gasteiger partial charge in [0.05, 0.1) is 0 Å². The number of carbonyl (C=O) groups is 1. The molecule has 0 bridgehead atoms. The molecule has 74 valence electrons. The standard InChI is InChI=1S/C10H17NO2/c12-10(11-8-6-7-8)13-9-4-2-1-3-5-9/h8-9H,1-7H2,(H,11,12). The quantitative estimate of drug-likeness (QED) is 0.712. The van der Waals surface area contributed by atoms with E-state index in [2.05, 4.69) is 5.32 Å². The summed E-state index contributed by atoms with van der Waals surface area (Å²) in [6.45, 7) is 0. The smallest absolute Gasteiger partial charge is 0.407 e. The lowest BCUT2D eigenvalue weighted by Crippen LogP contribution is -2.31. The molecule has 0 spiro atoms. The Balaban J connectivity index is 1.66. The van der Waals surface area contributed by atoms with Gasteiger partial charge in [0.1, 0.15) is 6.10 Å². The molecule has 0 aromatic carbocycles. The second-order valence-corrected chi connectivity index (χ2v) is 4.08. The van der Waals surface area contributed by atoms with Gasteiger partial charge in [0.15, 0.2) is 0 Å². The molecule has 13 heavy (non-hydrogen) atoms. The number of amides is 1. The van der Waals surface area contributed by atoms with Crippen molar-refractivity contribution in [2.24, 2.45) is 0 Å². The van der Waals surface area contributed by atoms with Crippen LogP contribution in [0.15, 0.2) is 0 Å². The Morgan fingerprint density at radius 1 is 1.08 bits per heavy atom. The van der Waals surface area contributed by atoms with Crippen LogP contribution >= 0.6 is 0 Å². The molecular weight excluding hydrogens is 166 g/mol. The lowest BCUT2D eigenvalue weighted by molar-refractivity contribution is 0.0750. The van der Waals surface area contributed by atoms with Gasteiger partial charge in [-0.05, 0) is 38.5 Å². The average molecular weight is 183 g/mol. The highest BCUT2D eigenvalue weighted by molar-refractivity contribution is 5.68. The zero-order valence-electron chi connectivity index (χ0n) is 7.92. The third kappa shape index (κ3) is 2.90. The Morgan fingerprint density at radius 2 is 1.77 bits per heavy atom. The molecule has 3 heteroatoms. The lowest BCUT2D eigenvalue weighted by atomic mass is 9.98. The van der Waals surface area contributed by atoms with Crippen molar-refractivity contribution in [3.63, 3.8) is 0 Å². The van der Waals surface area contributed by atoms with Gasteiger partial charge in [-0.25, -0.2) is 4.79 Å². The number of hydrogen-bond acceptors (Lipinski definition) is 2. The monoisotopic (exact) mass is 183 g/mol. The minimum absolute atomic E-state index is 0.187. The molecule has 0 atom stereocenters. The number of hydrogen-bond donors (Lipinski definition) is 1. The van der Waals surface area contributed by atoms with E-state index in [1.54, 1.807) is 0 Å². The van der Waals surface area contributed by atoms with E-state index in [1.165, 1.54) is 19.3 Å². The van der Waals surface area contributed by atoms with Crippen molar-refractivity contribution in [1.82, 2.24) is 5.32 Å². The summed E-state index contributed by atoms with van der Waals surface area (Å²) in [5.41, 5.74) is 0. The van der Waals surface area contributed by atoms with E-state index >= 15 is 0 Å². The van der Waals surface area contributed by atoms with Gasteiger partial charge in [-0.2, -0.15) is 0 Å². The van der Waals surface area contributed by atoms with Gasteiger partial charge in [-0.3, -0.25) is 0 Å². The maximum Gasteiger partial charge on any atom is 0.407 e. The summed E-state index contributed by atoms with van der Waals surface area (Å²) in [5, 5.41) is 2.84. The molecule has 2 saturated carbocycles. The zero-order valence-corrected chi connectivity index (χ0v) is 7.92. The minimum atomic E-state index is -0.200. The van der Waals surface area contributed by atoms with Gasteiger partial charge in [0, 0.05) is 6.04 Å². The summed E-state index contributed by atoms with van der Waals surface area (Å²) in [6.07, 6.45) is 8.06. The van der Waals surface area contributed by atoms with Crippen LogP contribution in [0.2, 0.25) is 0 Å². The molecule has 0 saturated heterocycles. The van der Waals surface area contributed by atoms with Crippen LogP contribution in [0.3, 0.4) is 0 Å². The molecule has 3 nitrogen and oxygen atoms in total. The molecule has 0 heterocycles. The van der Waals surface area contributed by atoms with Crippen LogP contribution in [0.4, 0.5) is 4.79 Å². The molecule has 0 radical (unpaired) electrons. The third-order valence-corrected chi connectivity index (χ3v) is 2.73. The summed E-state index contributed by atoms with van der Waals surface area (Å²) in [4.78, 5) is 11.2. The van der Waals surface area contributed by atoms with E-state index in [1.807, 2.05) is 0 Å². The topological polar surface area (TPSA) is 38.3 Å². The van der Waals surface area contributed by atoms with Crippen molar-refractivity contribution in [1.29, 1.82) is 0 Å². The van der Waals surface area contributed by atoms with Crippen molar-refractivity contribution >= 4 is 6.09 Å². The fraction of sp³-hybridized carbons (Fsp3) is 0.900. The van der Waals surface area contributed by atoms with Gasteiger partial charge < -0.3 is 10.1 Å². The van der Waals surface area contributed by atoms with Gasteiger partial charge in [-0.1, -0.05) is 6.42 Å². The molecule has 0 unspecified atom stereocenters. The first kappa shape index (κ1) is 8.85. The third-order valence-electron chi connectivity index (χ3n) is 2.73. The Kier molecular flexibility index (Phi) is 2.71. The van der Waals surface area contributed by atoms with Crippen LogP contribution in [0.1, 0.15) is 44.9 Å². The first-order valence-corrected chi connectivity index (χ1v) is 5.32. The van der Waals surface area contributed by atoms with Gasteiger partial charge in [0.25, 0.3) is 0 Å². The normalized spacial score (nSPS) is 24.0. The molecular formula is C10H17NO2. The highest BCUT2D eigenvalue weighted by atomic mass is 16.6. The van der Waals surface area contributed by atoms with Crippen LogP contribution in [0.5, 0.6) is 0 Å². The maximum atomic E-state index is 11.2. The highest BCUT2D eigenvalue weighted by Gasteiger charge is 2.25. The van der Waals surface area contributed by atoms with E-state index in [9.17, 15) is 4.79 Å². The van der Waals surface area contributed by atoms with Crippen molar-refractivity contribution < 1.29 is 9.53 Å². The van der Waals surface area contributed by atoms with Crippen LogP contribution in [-0.4, -0.2) is 18.2 Å². The number of rotatable bonds is 2. The molecule has 2 rings (SSSR count). The van der Waals surface area contributed by atoms with E-state index < -0.39 is 0 Å². The minimum Gasteiger partial charge on any atom is -0.446 e. The summed E-state index contributed by atoms with van der Waals surface area (Å²) in [6, 6.07) is 0.413. The maximum absolute atomic E-state index is 11.2. The summed E-state index contributed by atoms with van der Waals surface area (Å²) >= 11 is 0. The summed E-state index contributed by atoms with van der Waals surface area (Å²) < 4.78 is 5.29. The van der Waals surface area contributed by atoms with Crippen molar-refractivity contribution in [3.05, 3.63) is 0 Å². The average Bonchev–Trinajstić information content (AvgIpc) is 2.90. The Hall–Kier alpha value is -0.730. The predicted molar refractivity (Wildman–Crippen MR) is 49.5 cm³/mol. The van der Waals surface area contributed by atoms with Crippen LogP contribution in [0.25, 0.3) is 0 Å². The zero-order chi connectivity index (χ0) is 9.10. The van der Waals surface area contributed by atoms with Crippen LogP contribution in [-0.2, 0) is 4.74 Å². The van der Waals surface area contributed by atoms with Crippen molar-refractivity contribution in [3.8, 4) is 0 Å². The number of nitrogens with one attached hydrogen (secondary N) is 1. The summed E-state index contributed by atoms with van der Waals surface area (Å²) in [7, 11) is 0.